The first-order valence-corrected chi connectivity index (χ1v) is 7.29. The van der Waals surface area contributed by atoms with E-state index in [9.17, 15) is 4.79 Å². The number of hydrogen-bond acceptors (Lipinski definition) is 4. The number of fused-ring (bicyclic) bond motifs is 1. The molecule has 0 unspecified atom stereocenters. The first-order chi connectivity index (χ1) is 10.2. The third kappa shape index (κ3) is 2.69. The van der Waals surface area contributed by atoms with E-state index >= 15 is 0 Å². The largest absolute Gasteiger partial charge is 0.492 e. The van der Waals surface area contributed by atoms with E-state index in [0.717, 1.165) is 9.86 Å². The van der Waals surface area contributed by atoms with Crippen LogP contribution in [0, 0.1) is 0 Å². The molecule has 0 saturated carbocycles. The lowest BCUT2D eigenvalue weighted by Gasteiger charge is -2.03. The van der Waals surface area contributed by atoms with Crippen molar-refractivity contribution in [2.24, 2.45) is 0 Å². The second-order valence-corrected chi connectivity index (χ2v) is 5.29. The predicted molar refractivity (Wildman–Crippen MR) is 82.8 cm³/mol. The fraction of sp³-hybridized carbons (Fsp3) is 0.125. The number of carbonyl (C=O) groups is 1. The van der Waals surface area contributed by atoms with E-state index in [1.807, 2.05) is 25.1 Å². The van der Waals surface area contributed by atoms with Crippen LogP contribution in [0.3, 0.4) is 0 Å². The zero-order valence-corrected chi connectivity index (χ0v) is 12.9. The molecule has 2 aromatic heterocycles. The molecule has 106 valence electrons. The zero-order valence-electron chi connectivity index (χ0n) is 11.3. The van der Waals surface area contributed by atoms with E-state index in [1.54, 1.807) is 18.3 Å². The minimum atomic E-state index is -0.216. The van der Waals surface area contributed by atoms with Crippen molar-refractivity contribution < 1.29 is 13.9 Å². The highest BCUT2D eigenvalue weighted by Gasteiger charge is 2.16. The van der Waals surface area contributed by atoms with Gasteiger partial charge in [-0.15, -0.1) is 0 Å². The van der Waals surface area contributed by atoms with Crippen molar-refractivity contribution in [1.29, 1.82) is 0 Å². The average Bonchev–Trinajstić information content (AvgIpc) is 2.93. The van der Waals surface area contributed by atoms with Gasteiger partial charge in [0.05, 0.1) is 17.3 Å². The quantitative estimate of drug-likeness (QED) is 0.664. The molecule has 0 spiro atoms. The Morgan fingerprint density at radius 2 is 2.19 bits per heavy atom. The fourth-order valence-corrected chi connectivity index (χ4v) is 2.53. The van der Waals surface area contributed by atoms with Crippen LogP contribution in [0.1, 0.15) is 23.0 Å². The SMILES string of the molecule is CCOc1cncc(C(=O)c2cc3cccc(Br)c3o2)c1. The Bertz CT molecular complexity index is 810. The van der Waals surface area contributed by atoms with Gasteiger partial charge in [-0.1, -0.05) is 12.1 Å². The second-order valence-electron chi connectivity index (χ2n) is 4.44. The van der Waals surface area contributed by atoms with Gasteiger partial charge in [-0.2, -0.15) is 0 Å². The Hall–Kier alpha value is -2.14. The van der Waals surface area contributed by atoms with Gasteiger partial charge in [0, 0.05) is 17.1 Å². The number of halogens is 1. The van der Waals surface area contributed by atoms with Gasteiger partial charge in [-0.25, -0.2) is 0 Å². The Labute approximate surface area is 129 Å². The second kappa shape index (κ2) is 5.69. The maximum absolute atomic E-state index is 12.5. The van der Waals surface area contributed by atoms with Gasteiger partial charge in [0.1, 0.15) is 11.3 Å². The molecular formula is C16H12BrNO3. The molecule has 5 heteroatoms. The monoisotopic (exact) mass is 345 g/mol. The molecular weight excluding hydrogens is 334 g/mol. The van der Waals surface area contributed by atoms with Crippen LogP contribution in [0.4, 0.5) is 0 Å². The first kappa shape index (κ1) is 13.8. The molecule has 0 amide bonds. The molecule has 0 aliphatic heterocycles. The summed E-state index contributed by atoms with van der Waals surface area (Å²) in [5.41, 5.74) is 1.10. The number of furan rings is 1. The van der Waals surface area contributed by atoms with Crippen LogP contribution in [-0.4, -0.2) is 17.4 Å². The molecule has 21 heavy (non-hydrogen) atoms. The van der Waals surface area contributed by atoms with Gasteiger partial charge in [-0.3, -0.25) is 9.78 Å². The molecule has 0 fully saturated rings. The van der Waals surface area contributed by atoms with Crippen LogP contribution in [0.2, 0.25) is 0 Å². The van der Waals surface area contributed by atoms with Crippen molar-refractivity contribution in [1.82, 2.24) is 4.98 Å². The van der Waals surface area contributed by atoms with E-state index in [0.29, 0.717) is 23.5 Å². The molecule has 4 nitrogen and oxygen atoms in total. The molecule has 2 heterocycles. The van der Waals surface area contributed by atoms with Crippen molar-refractivity contribution in [2.75, 3.05) is 6.61 Å². The number of benzene rings is 1. The average molecular weight is 346 g/mol. The molecule has 0 N–H and O–H groups in total. The number of ketones is 1. The van der Waals surface area contributed by atoms with Crippen molar-refractivity contribution in [3.05, 3.63) is 58.5 Å². The topological polar surface area (TPSA) is 52.3 Å². The molecule has 1 aromatic carbocycles. The van der Waals surface area contributed by atoms with Crippen molar-refractivity contribution in [3.63, 3.8) is 0 Å². The summed E-state index contributed by atoms with van der Waals surface area (Å²) in [6.45, 7) is 2.40. The Morgan fingerprint density at radius 3 is 2.95 bits per heavy atom. The number of pyridine rings is 1. The lowest BCUT2D eigenvalue weighted by atomic mass is 10.1. The lowest BCUT2D eigenvalue weighted by Crippen LogP contribution is -2.01. The maximum atomic E-state index is 12.5. The number of para-hydroxylation sites is 1. The normalized spacial score (nSPS) is 10.8. The summed E-state index contributed by atoms with van der Waals surface area (Å²) < 4.78 is 11.8. The molecule has 0 bridgehead atoms. The van der Waals surface area contributed by atoms with Gasteiger partial charge in [0.2, 0.25) is 5.78 Å². The van der Waals surface area contributed by atoms with E-state index in [2.05, 4.69) is 20.9 Å². The number of carbonyl (C=O) groups excluding carboxylic acids is 1. The number of aromatic nitrogens is 1. The number of ether oxygens (including phenoxy) is 1. The van der Waals surface area contributed by atoms with Crippen LogP contribution in [0.25, 0.3) is 11.0 Å². The minimum absolute atomic E-state index is 0.216. The van der Waals surface area contributed by atoms with E-state index < -0.39 is 0 Å². The summed E-state index contributed by atoms with van der Waals surface area (Å²) in [7, 11) is 0. The predicted octanol–water partition coefficient (Wildman–Crippen LogP) is 4.22. The van der Waals surface area contributed by atoms with Crippen LogP contribution in [0.15, 0.2) is 51.6 Å². The van der Waals surface area contributed by atoms with Crippen LogP contribution in [-0.2, 0) is 0 Å². The standard InChI is InChI=1S/C16H12BrNO3/c1-2-20-12-6-11(8-18-9-12)15(19)14-7-10-4-3-5-13(17)16(10)21-14/h3-9H,2H2,1H3. The van der Waals surface area contributed by atoms with E-state index in [1.165, 1.54) is 6.20 Å². The smallest absolute Gasteiger partial charge is 0.229 e. The molecule has 0 saturated heterocycles. The molecule has 0 radical (unpaired) electrons. The maximum Gasteiger partial charge on any atom is 0.229 e. The molecule has 3 aromatic rings. The number of rotatable bonds is 4. The summed E-state index contributed by atoms with van der Waals surface area (Å²) in [6.07, 6.45) is 3.09. The fourth-order valence-electron chi connectivity index (χ4n) is 2.07. The van der Waals surface area contributed by atoms with Gasteiger partial charge in [-0.05, 0) is 41.1 Å². The van der Waals surface area contributed by atoms with Crippen LogP contribution < -0.4 is 4.74 Å². The molecule has 0 aliphatic carbocycles. The highest BCUT2D eigenvalue weighted by Crippen LogP contribution is 2.28. The van der Waals surface area contributed by atoms with Crippen LogP contribution in [0.5, 0.6) is 5.75 Å². The van der Waals surface area contributed by atoms with E-state index in [4.69, 9.17) is 9.15 Å². The molecule has 0 atom stereocenters. The number of hydrogen-bond donors (Lipinski definition) is 0. The van der Waals surface area contributed by atoms with Gasteiger partial charge < -0.3 is 9.15 Å². The summed E-state index contributed by atoms with van der Waals surface area (Å²) >= 11 is 3.41. The van der Waals surface area contributed by atoms with Crippen molar-refractivity contribution in [2.45, 2.75) is 6.92 Å². The Morgan fingerprint density at radius 1 is 1.33 bits per heavy atom. The van der Waals surface area contributed by atoms with E-state index in [-0.39, 0.29) is 11.5 Å². The summed E-state index contributed by atoms with van der Waals surface area (Å²) in [5, 5.41) is 0.877. The van der Waals surface area contributed by atoms with Gasteiger partial charge >= 0.3 is 0 Å². The van der Waals surface area contributed by atoms with Crippen LogP contribution >= 0.6 is 15.9 Å². The third-order valence-electron chi connectivity index (χ3n) is 3.01. The molecule has 3 rings (SSSR count). The first-order valence-electron chi connectivity index (χ1n) is 6.49. The summed E-state index contributed by atoms with van der Waals surface area (Å²) in [5.74, 6) is 0.639. The lowest BCUT2D eigenvalue weighted by molar-refractivity contribution is 0.101. The number of nitrogens with zero attached hydrogens (tertiary/aromatic N) is 1. The van der Waals surface area contributed by atoms with Crippen molar-refractivity contribution in [3.8, 4) is 5.75 Å². The Kier molecular flexibility index (Phi) is 3.75. The third-order valence-corrected chi connectivity index (χ3v) is 3.63. The summed E-state index contributed by atoms with van der Waals surface area (Å²) in [4.78, 5) is 16.5. The highest BCUT2D eigenvalue weighted by molar-refractivity contribution is 9.10. The zero-order chi connectivity index (χ0) is 14.8. The minimum Gasteiger partial charge on any atom is -0.492 e. The Balaban J connectivity index is 2.00. The van der Waals surface area contributed by atoms with Gasteiger partial charge in [0.25, 0.3) is 0 Å². The van der Waals surface area contributed by atoms with Crippen molar-refractivity contribution >= 4 is 32.7 Å². The highest BCUT2D eigenvalue weighted by atomic mass is 79.9. The summed E-state index contributed by atoms with van der Waals surface area (Å²) in [6, 6.07) is 9.07. The van der Waals surface area contributed by atoms with Gasteiger partial charge in [0.15, 0.2) is 5.76 Å². The molecule has 0 aliphatic rings.